The van der Waals surface area contributed by atoms with Gasteiger partial charge in [-0.2, -0.15) is 0 Å². The number of nitrogens with two attached hydrogens (primary N) is 1. The van der Waals surface area contributed by atoms with Crippen LogP contribution in [0.25, 0.3) is 0 Å². The standard InChI is InChI=1S/C12H22N4O5/c1-7(2)14-10(18)6-16(3)12(21)15-8(11(19)20)4-5-9(13)17/h7-8H,4-6H2,1-3H3,(H2,13,17)(H,14,18)(H,15,21)(H,19,20)/t8-/m0/s1. The van der Waals surface area contributed by atoms with E-state index in [1.807, 2.05) is 0 Å². The summed E-state index contributed by atoms with van der Waals surface area (Å²) in [7, 11) is 1.36. The maximum Gasteiger partial charge on any atom is 0.326 e. The molecule has 0 aromatic carbocycles. The Hall–Kier alpha value is -2.32. The molecule has 0 radical (unpaired) electrons. The van der Waals surface area contributed by atoms with Crippen LogP contribution in [0.3, 0.4) is 0 Å². The second-order valence-corrected chi connectivity index (χ2v) is 4.92. The number of rotatable bonds is 8. The molecular weight excluding hydrogens is 280 g/mol. The Morgan fingerprint density at radius 3 is 2.19 bits per heavy atom. The molecule has 0 aliphatic carbocycles. The number of nitrogens with one attached hydrogen (secondary N) is 2. The summed E-state index contributed by atoms with van der Waals surface area (Å²) in [4.78, 5) is 45.9. The third-order valence-electron chi connectivity index (χ3n) is 2.45. The van der Waals surface area contributed by atoms with E-state index in [-0.39, 0.29) is 31.3 Å². The van der Waals surface area contributed by atoms with E-state index in [4.69, 9.17) is 10.8 Å². The fraction of sp³-hybridized carbons (Fsp3) is 0.667. The van der Waals surface area contributed by atoms with Crippen molar-refractivity contribution in [3.8, 4) is 0 Å². The number of carbonyl (C=O) groups excluding carboxylic acids is 3. The van der Waals surface area contributed by atoms with E-state index in [2.05, 4.69) is 10.6 Å². The zero-order chi connectivity index (χ0) is 16.6. The fourth-order valence-corrected chi connectivity index (χ4v) is 1.46. The van der Waals surface area contributed by atoms with Crippen molar-refractivity contribution in [2.45, 2.75) is 38.8 Å². The van der Waals surface area contributed by atoms with E-state index in [1.54, 1.807) is 13.8 Å². The summed E-state index contributed by atoms with van der Waals surface area (Å²) in [5.41, 5.74) is 4.94. The minimum absolute atomic E-state index is 0.0590. The smallest absolute Gasteiger partial charge is 0.326 e. The molecule has 0 heterocycles. The average molecular weight is 302 g/mol. The van der Waals surface area contributed by atoms with Gasteiger partial charge >= 0.3 is 12.0 Å². The van der Waals surface area contributed by atoms with Gasteiger partial charge in [-0.05, 0) is 20.3 Å². The lowest BCUT2D eigenvalue weighted by Gasteiger charge is -2.21. The van der Waals surface area contributed by atoms with Crippen LogP contribution in [0.15, 0.2) is 0 Å². The van der Waals surface area contributed by atoms with Crippen molar-refractivity contribution in [2.24, 2.45) is 5.73 Å². The molecule has 9 heteroatoms. The van der Waals surface area contributed by atoms with Crippen LogP contribution in [-0.2, 0) is 14.4 Å². The Morgan fingerprint density at radius 1 is 1.19 bits per heavy atom. The SMILES string of the molecule is CC(C)NC(=O)CN(C)C(=O)N[C@@H](CCC(N)=O)C(=O)O. The van der Waals surface area contributed by atoms with Crippen molar-refractivity contribution < 1.29 is 24.3 Å². The number of hydrogen-bond donors (Lipinski definition) is 4. The van der Waals surface area contributed by atoms with E-state index in [1.165, 1.54) is 7.05 Å². The van der Waals surface area contributed by atoms with Crippen LogP contribution in [0.5, 0.6) is 0 Å². The average Bonchev–Trinajstić information content (AvgIpc) is 2.31. The first-order valence-corrected chi connectivity index (χ1v) is 6.45. The second kappa shape index (κ2) is 8.77. The van der Waals surface area contributed by atoms with E-state index in [9.17, 15) is 19.2 Å². The quantitative estimate of drug-likeness (QED) is 0.449. The number of carboxylic acid groups (broad SMARTS) is 1. The Labute approximate surface area is 122 Å². The van der Waals surface area contributed by atoms with Crippen molar-refractivity contribution in [3.63, 3.8) is 0 Å². The fourth-order valence-electron chi connectivity index (χ4n) is 1.46. The summed E-state index contributed by atoms with van der Waals surface area (Å²) in [6, 6.07) is -2.01. The van der Waals surface area contributed by atoms with Crippen LogP contribution in [0.4, 0.5) is 4.79 Å². The maximum atomic E-state index is 11.8. The molecule has 0 saturated heterocycles. The first-order chi connectivity index (χ1) is 9.63. The molecule has 120 valence electrons. The van der Waals surface area contributed by atoms with E-state index < -0.39 is 23.9 Å². The Kier molecular flexibility index (Phi) is 7.80. The molecule has 0 spiro atoms. The van der Waals surface area contributed by atoms with Crippen LogP contribution in [-0.4, -0.2) is 59.5 Å². The van der Waals surface area contributed by atoms with Gasteiger partial charge in [-0.25, -0.2) is 9.59 Å². The molecule has 0 unspecified atom stereocenters. The van der Waals surface area contributed by atoms with E-state index in [0.717, 1.165) is 4.90 Å². The molecule has 0 aliphatic rings. The van der Waals surface area contributed by atoms with Gasteiger partial charge in [0.1, 0.15) is 12.6 Å². The molecular formula is C12H22N4O5. The summed E-state index contributed by atoms with van der Waals surface area (Å²) in [5.74, 6) is -2.28. The molecule has 0 saturated carbocycles. The predicted octanol–water partition coefficient (Wildman–Crippen LogP) is -1.13. The number of carboxylic acids is 1. The Bertz CT molecular complexity index is 410. The summed E-state index contributed by atoms with van der Waals surface area (Å²) in [6.07, 6.45) is -0.267. The van der Waals surface area contributed by atoms with Crippen molar-refractivity contribution in [2.75, 3.05) is 13.6 Å². The molecule has 5 N–H and O–H groups in total. The molecule has 9 nitrogen and oxygen atoms in total. The molecule has 0 aromatic rings. The molecule has 1 atom stereocenters. The highest BCUT2D eigenvalue weighted by atomic mass is 16.4. The van der Waals surface area contributed by atoms with E-state index in [0.29, 0.717) is 0 Å². The number of urea groups is 1. The van der Waals surface area contributed by atoms with Crippen LogP contribution < -0.4 is 16.4 Å². The summed E-state index contributed by atoms with van der Waals surface area (Å²) >= 11 is 0. The number of likely N-dealkylation sites (N-methyl/N-ethyl adjacent to an activating group) is 1. The highest BCUT2D eigenvalue weighted by Crippen LogP contribution is 1.99. The first-order valence-electron chi connectivity index (χ1n) is 6.45. The van der Waals surface area contributed by atoms with Crippen LogP contribution in [0.1, 0.15) is 26.7 Å². The van der Waals surface area contributed by atoms with Crippen LogP contribution >= 0.6 is 0 Å². The van der Waals surface area contributed by atoms with Gasteiger partial charge < -0.3 is 26.4 Å². The topological polar surface area (TPSA) is 142 Å². The summed E-state index contributed by atoms with van der Waals surface area (Å²) < 4.78 is 0. The zero-order valence-corrected chi connectivity index (χ0v) is 12.4. The molecule has 0 rings (SSSR count). The van der Waals surface area contributed by atoms with Crippen molar-refractivity contribution >= 4 is 23.8 Å². The van der Waals surface area contributed by atoms with E-state index >= 15 is 0 Å². The minimum Gasteiger partial charge on any atom is -0.480 e. The molecule has 0 fully saturated rings. The molecule has 0 aliphatic heterocycles. The lowest BCUT2D eigenvalue weighted by molar-refractivity contribution is -0.139. The Morgan fingerprint density at radius 2 is 1.76 bits per heavy atom. The van der Waals surface area contributed by atoms with Crippen molar-refractivity contribution in [3.05, 3.63) is 0 Å². The second-order valence-electron chi connectivity index (χ2n) is 4.92. The molecule has 0 bridgehead atoms. The number of nitrogens with zero attached hydrogens (tertiary/aromatic N) is 1. The lowest BCUT2D eigenvalue weighted by atomic mass is 10.1. The largest absolute Gasteiger partial charge is 0.480 e. The molecule has 21 heavy (non-hydrogen) atoms. The number of primary amides is 1. The van der Waals surface area contributed by atoms with Crippen molar-refractivity contribution in [1.82, 2.24) is 15.5 Å². The normalized spacial score (nSPS) is 11.6. The van der Waals surface area contributed by atoms with Gasteiger partial charge in [0.2, 0.25) is 11.8 Å². The Balaban J connectivity index is 4.43. The number of amides is 4. The summed E-state index contributed by atoms with van der Waals surface area (Å²) in [5, 5.41) is 13.8. The van der Waals surface area contributed by atoms with Crippen molar-refractivity contribution in [1.29, 1.82) is 0 Å². The zero-order valence-electron chi connectivity index (χ0n) is 12.4. The van der Waals surface area contributed by atoms with Gasteiger partial charge in [0, 0.05) is 19.5 Å². The highest BCUT2D eigenvalue weighted by Gasteiger charge is 2.23. The lowest BCUT2D eigenvalue weighted by Crippen LogP contribution is -2.49. The summed E-state index contributed by atoms with van der Waals surface area (Å²) in [6.45, 7) is 3.36. The van der Waals surface area contributed by atoms with Crippen LogP contribution in [0.2, 0.25) is 0 Å². The van der Waals surface area contributed by atoms with Gasteiger partial charge in [0.15, 0.2) is 0 Å². The van der Waals surface area contributed by atoms with Gasteiger partial charge in [0.25, 0.3) is 0 Å². The highest BCUT2D eigenvalue weighted by molar-refractivity contribution is 5.86. The third kappa shape index (κ3) is 8.45. The number of carbonyl (C=O) groups is 4. The third-order valence-corrected chi connectivity index (χ3v) is 2.45. The number of aliphatic carboxylic acids is 1. The predicted molar refractivity (Wildman–Crippen MR) is 74.3 cm³/mol. The molecule has 0 aromatic heterocycles. The van der Waals surface area contributed by atoms with Crippen LogP contribution in [0, 0.1) is 0 Å². The van der Waals surface area contributed by atoms with Gasteiger partial charge in [0.05, 0.1) is 0 Å². The minimum atomic E-state index is -1.27. The van der Waals surface area contributed by atoms with Gasteiger partial charge in [-0.3, -0.25) is 9.59 Å². The van der Waals surface area contributed by atoms with Gasteiger partial charge in [-0.1, -0.05) is 0 Å². The molecule has 4 amide bonds. The monoisotopic (exact) mass is 302 g/mol. The maximum absolute atomic E-state index is 11.8. The number of hydrogen-bond acceptors (Lipinski definition) is 4. The first kappa shape index (κ1) is 18.7. The van der Waals surface area contributed by atoms with Gasteiger partial charge in [-0.15, -0.1) is 0 Å².